The van der Waals surface area contributed by atoms with E-state index in [-0.39, 0.29) is 0 Å². The van der Waals surface area contributed by atoms with Crippen molar-refractivity contribution in [3.63, 3.8) is 0 Å². The van der Waals surface area contributed by atoms with Crippen LogP contribution in [0.5, 0.6) is 0 Å². The average molecular weight is 982 g/mol. The van der Waals surface area contributed by atoms with Crippen LogP contribution in [-0.4, -0.2) is 102 Å². The Labute approximate surface area is 446 Å². The number of benzene rings is 6. The van der Waals surface area contributed by atoms with Crippen LogP contribution in [-0.2, 0) is 25.7 Å². The number of hydrogen-bond acceptors (Lipinski definition) is 4. The molecule has 0 aromatic heterocycles. The van der Waals surface area contributed by atoms with E-state index in [1.54, 1.807) is 0 Å². The van der Waals surface area contributed by atoms with Gasteiger partial charge in [0.05, 0.1) is 0 Å². The largest absolute Gasteiger partial charge is 0.310 e. The molecule has 0 saturated carbocycles. The van der Waals surface area contributed by atoms with E-state index in [1.165, 1.54) is 89.0 Å². The second-order valence-electron chi connectivity index (χ2n) is 17.2. The van der Waals surface area contributed by atoms with Gasteiger partial charge in [-0.2, -0.15) is 0 Å². The molecule has 0 N–H and O–H groups in total. The Morgan fingerprint density at radius 1 is 0.250 bits per heavy atom. The van der Waals surface area contributed by atoms with E-state index in [2.05, 4.69) is 225 Å². The Morgan fingerprint density at radius 3 is 0.708 bits per heavy atom. The SMILES string of the molecule is CC.CC.CC.CC.CC.CC.CCN(C)C.CCN(C)C.CCN(C)C.CCN(C)C.c1ccc2c(c1)Cc1cc3c(cc1-2)-c1ccccc1C3.c1ccc2c(c1)Cc1ccc3c(c1-2)-c1ccccc1C3. The molecule has 0 atom stereocenters. The van der Waals surface area contributed by atoms with Gasteiger partial charge in [0, 0.05) is 0 Å². The molecule has 0 amide bonds. The van der Waals surface area contributed by atoms with Crippen molar-refractivity contribution in [1.29, 1.82) is 0 Å². The number of fused-ring (bicyclic) bond motifs is 13. The van der Waals surface area contributed by atoms with Crippen molar-refractivity contribution < 1.29 is 0 Å². The molecule has 0 unspecified atom stereocenters. The third-order valence-electron chi connectivity index (χ3n) is 11.9. The van der Waals surface area contributed by atoms with Gasteiger partial charge in [-0.05, 0) is 203 Å². The van der Waals surface area contributed by atoms with Crippen molar-refractivity contribution in [3.05, 3.63) is 166 Å². The van der Waals surface area contributed by atoms with Gasteiger partial charge in [0.2, 0.25) is 0 Å². The fourth-order valence-corrected chi connectivity index (χ4v) is 7.62. The Bertz CT molecular complexity index is 2120. The molecule has 0 fully saturated rings. The van der Waals surface area contributed by atoms with Crippen LogP contribution in [0.3, 0.4) is 0 Å². The first-order valence-electron chi connectivity index (χ1n) is 28.1. The zero-order valence-electron chi connectivity index (χ0n) is 51.0. The maximum absolute atomic E-state index is 2.44. The fourth-order valence-electron chi connectivity index (χ4n) is 7.62. The van der Waals surface area contributed by atoms with Crippen LogP contribution in [0.15, 0.2) is 121 Å². The molecule has 0 bridgehead atoms. The van der Waals surface area contributed by atoms with E-state index in [0.717, 1.165) is 51.9 Å². The smallest absolute Gasteiger partial charge is 0.00132 e. The summed E-state index contributed by atoms with van der Waals surface area (Å²) in [5.74, 6) is 0. The van der Waals surface area contributed by atoms with Crippen molar-refractivity contribution >= 4 is 0 Å². The third-order valence-corrected chi connectivity index (χ3v) is 11.9. The van der Waals surface area contributed by atoms with Gasteiger partial charge < -0.3 is 19.6 Å². The van der Waals surface area contributed by atoms with E-state index in [0.29, 0.717) is 0 Å². The van der Waals surface area contributed by atoms with E-state index < -0.39 is 0 Å². The second kappa shape index (κ2) is 40.6. The van der Waals surface area contributed by atoms with Crippen LogP contribution >= 0.6 is 0 Å². The molecule has 0 heterocycles. The van der Waals surface area contributed by atoms with Crippen molar-refractivity contribution in [2.75, 3.05) is 82.6 Å². The van der Waals surface area contributed by atoms with E-state index in [4.69, 9.17) is 0 Å². The molecule has 4 heteroatoms. The van der Waals surface area contributed by atoms with Gasteiger partial charge in [-0.3, -0.25) is 0 Å². The summed E-state index contributed by atoms with van der Waals surface area (Å²) in [6.45, 7) is 37.1. The second-order valence-corrected chi connectivity index (χ2v) is 17.2. The van der Waals surface area contributed by atoms with Crippen LogP contribution in [0.2, 0.25) is 0 Å². The highest BCUT2D eigenvalue weighted by Crippen LogP contribution is 2.49. The maximum Gasteiger partial charge on any atom is -0.00132 e. The summed E-state index contributed by atoms with van der Waals surface area (Å²) in [5, 5.41) is 0. The molecule has 10 rings (SSSR count). The molecule has 4 aliphatic carbocycles. The average Bonchev–Trinajstić information content (AvgIpc) is 4.22. The van der Waals surface area contributed by atoms with Crippen molar-refractivity contribution in [2.45, 2.75) is 136 Å². The lowest BCUT2D eigenvalue weighted by atomic mass is 9.94. The maximum atomic E-state index is 2.44. The van der Waals surface area contributed by atoms with Crippen LogP contribution in [0.4, 0.5) is 0 Å². The molecular weight excluding hydrogens is 873 g/mol. The minimum atomic E-state index is 1.08. The zero-order chi connectivity index (χ0) is 55.3. The summed E-state index contributed by atoms with van der Waals surface area (Å²) in [5.41, 5.74) is 23.5. The van der Waals surface area contributed by atoms with E-state index >= 15 is 0 Å². The number of nitrogens with zero attached hydrogens (tertiary/aromatic N) is 4. The molecule has 0 aliphatic heterocycles. The molecule has 72 heavy (non-hydrogen) atoms. The van der Waals surface area contributed by atoms with Gasteiger partial charge in [-0.15, -0.1) is 0 Å². The van der Waals surface area contributed by atoms with E-state index in [1.807, 2.05) is 83.1 Å². The molecule has 4 aliphatic rings. The minimum absolute atomic E-state index is 1.08. The number of hydrogen-bond donors (Lipinski definition) is 0. The molecular formula is C68H108N4. The minimum Gasteiger partial charge on any atom is -0.310 e. The number of rotatable bonds is 4. The topological polar surface area (TPSA) is 13.0 Å². The molecule has 6 aromatic rings. The predicted molar refractivity (Wildman–Crippen MR) is 331 cm³/mol. The normalized spacial score (nSPS) is 10.7. The quantitative estimate of drug-likeness (QED) is 0.174. The summed E-state index contributed by atoms with van der Waals surface area (Å²) < 4.78 is 0. The molecule has 400 valence electrons. The Balaban J connectivity index is 0. The standard InChI is InChI=1S/2C20H14.4C4H11N.6C2H6/c1-3-7-17-13(5-1)9-15-11-16-10-14-6-2-4-8-18(14)20(16)12-19(15)17;1-3-7-17-13(5-1)11-15-9-10-16-12-14-6-2-4-8-18(14)20(16)19(15)17;4*1-4-5(2)3;6*1-2/h1-8,11-12H,9-10H2;1-10H,11-12H2;4*4H2,1-3H3;6*1-2H3. The summed E-state index contributed by atoms with van der Waals surface area (Å²) in [4.78, 5) is 8.50. The fraction of sp³-hybridized carbons (Fsp3) is 0.471. The Kier molecular flexibility index (Phi) is 39.1. The molecule has 0 spiro atoms. The van der Waals surface area contributed by atoms with Gasteiger partial charge in [0.15, 0.2) is 0 Å². The Hall–Kier alpha value is -4.84. The van der Waals surface area contributed by atoms with Gasteiger partial charge in [0.25, 0.3) is 0 Å². The van der Waals surface area contributed by atoms with Crippen molar-refractivity contribution in [1.82, 2.24) is 19.6 Å². The molecule has 6 aromatic carbocycles. The van der Waals surface area contributed by atoms with Gasteiger partial charge in [-0.25, -0.2) is 0 Å². The molecule has 0 saturated heterocycles. The summed E-state index contributed by atoms with van der Waals surface area (Å²) >= 11 is 0. The van der Waals surface area contributed by atoms with Crippen LogP contribution in [0, 0.1) is 0 Å². The summed E-state index contributed by atoms with van der Waals surface area (Å²) in [6, 6.07) is 44.9. The van der Waals surface area contributed by atoms with Crippen molar-refractivity contribution in [2.24, 2.45) is 0 Å². The van der Waals surface area contributed by atoms with Gasteiger partial charge >= 0.3 is 0 Å². The Morgan fingerprint density at radius 2 is 0.458 bits per heavy atom. The van der Waals surface area contributed by atoms with Crippen molar-refractivity contribution in [3.8, 4) is 44.5 Å². The highest BCUT2D eigenvalue weighted by Gasteiger charge is 2.28. The first-order valence-corrected chi connectivity index (χ1v) is 28.1. The third kappa shape index (κ3) is 21.3. The lowest BCUT2D eigenvalue weighted by Crippen LogP contribution is -2.08. The summed E-state index contributed by atoms with van der Waals surface area (Å²) in [6.07, 6.45) is 4.35. The monoisotopic (exact) mass is 981 g/mol. The van der Waals surface area contributed by atoms with Crippen LogP contribution in [0.25, 0.3) is 44.5 Å². The van der Waals surface area contributed by atoms with Crippen LogP contribution < -0.4 is 0 Å². The lowest BCUT2D eigenvalue weighted by Gasteiger charge is -2.10. The highest BCUT2D eigenvalue weighted by molar-refractivity contribution is 5.95. The van der Waals surface area contributed by atoms with Gasteiger partial charge in [-0.1, -0.05) is 226 Å². The van der Waals surface area contributed by atoms with Crippen LogP contribution in [0.1, 0.15) is 155 Å². The first-order chi connectivity index (χ1) is 34.9. The van der Waals surface area contributed by atoms with Gasteiger partial charge in [0.1, 0.15) is 0 Å². The zero-order valence-corrected chi connectivity index (χ0v) is 51.0. The van der Waals surface area contributed by atoms with E-state index in [9.17, 15) is 0 Å². The highest BCUT2D eigenvalue weighted by atomic mass is 15.1. The summed E-state index contributed by atoms with van der Waals surface area (Å²) in [7, 11) is 16.4. The molecule has 0 radical (unpaired) electrons. The predicted octanol–water partition coefficient (Wildman–Crippen LogP) is 18.1. The molecule has 4 nitrogen and oxygen atoms in total. The lowest BCUT2D eigenvalue weighted by molar-refractivity contribution is 0.434. The first kappa shape index (κ1) is 69.2.